The zero-order chi connectivity index (χ0) is 32.8. The van der Waals surface area contributed by atoms with Crippen LogP contribution < -0.4 is 21.7 Å². The molecule has 3 rings (SSSR count). The minimum absolute atomic E-state index is 0.226. The summed E-state index contributed by atoms with van der Waals surface area (Å²) in [6.45, 7) is 12.7. The monoisotopic (exact) mass is 650 g/mol. The van der Waals surface area contributed by atoms with Gasteiger partial charge >= 0.3 is 6.03 Å². The molecule has 5 amide bonds. The van der Waals surface area contributed by atoms with E-state index in [-0.39, 0.29) is 23.3 Å². The average Bonchev–Trinajstić information content (AvgIpc) is 3.58. The Labute approximate surface area is 269 Å². The fourth-order valence-corrected chi connectivity index (χ4v) is 7.32. The molecule has 1 saturated heterocycles. The number of likely N-dealkylation sites (N-methyl/N-ethyl adjacent to an activating group) is 1. The summed E-state index contributed by atoms with van der Waals surface area (Å²) >= 11 is 3.27. The topological polar surface area (TPSA) is 154 Å². The number of urea groups is 1. The van der Waals surface area contributed by atoms with Gasteiger partial charge in [-0.3, -0.25) is 19.2 Å². The van der Waals surface area contributed by atoms with Crippen LogP contribution >= 0.6 is 23.3 Å². The quantitative estimate of drug-likeness (QED) is 0.188. The summed E-state index contributed by atoms with van der Waals surface area (Å²) in [6, 6.07) is 0.640. The lowest BCUT2D eigenvalue weighted by molar-refractivity contribution is -0.143. The first-order chi connectivity index (χ1) is 20.5. The molecule has 1 aliphatic carbocycles. The predicted molar refractivity (Wildman–Crippen MR) is 174 cm³/mol. The van der Waals surface area contributed by atoms with Gasteiger partial charge in [-0.1, -0.05) is 66.9 Å². The lowest BCUT2D eigenvalue weighted by Crippen LogP contribution is -2.61. The van der Waals surface area contributed by atoms with Gasteiger partial charge in [-0.15, -0.1) is 11.3 Å². The van der Waals surface area contributed by atoms with Crippen LogP contribution in [0.5, 0.6) is 0 Å². The highest BCUT2D eigenvalue weighted by atomic mass is 32.2. The molecule has 13 heteroatoms. The zero-order valence-electron chi connectivity index (χ0n) is 27.1. The molecular weight excluding hydrogens is 601 g/mol. The molecule has 5 N–H and O–H groups in total. The fourth-order valence-electron chi connectivity index (χ4n) is 5.48. The van der Waals surface area contributed by atoms with E-state index in [2.05, 4.69) is 41.0 Å². The number of ketones is 1. The van der Waals surface area contributed by atoms with Crippen molar-refractivity contribution in [3.8, 4) is 0 Å². The number of Topliss-reactive ketones (excluding diaryl/α,β-unsaturated/α-hetero) is 1. The molecule has 0 bridgehead atoms. The molecule has 11 nitrogen and oxygen atoms in total. The summed E-state index contributed by atoms with van der Waals surface area (Å²) in [4.78, 5) is 66.6. The first-order valence-electron chi connectivity index (χ1n) is 15.4. The molecule has 0 radical (unpaired) electrons. The summed E-state index contributed by atoms with van der Waals surface area (Å²) in [5.41, 5.74) is 4.35. The van der Waals surface area contributed by atoms with Gasteiger partial charge in [0.1, 0.15) is 12.1 Å². The molecule has 2 aliphatic rings. The number of hydrogen-bond donors (Lipinski definition) is 4. The minimum Gasteiger partial charge on any atom is -0.363 e. The number of likely N-dealkylation sites (tertiary alicyclic amines) is 1. The van der Waals surface area contributed by atoms with Crippen LogP contribution in [0.25, 0.3) is 0 Å². The number of rotatable bonds is 13. The maximum absolute atomic E-state index is 14.0. The molecule has 1 aromatic rings. The Kier molecular flexibility index (Phi) is 12.3. The van der Waals surface area contributed by atoms with E-state index < -0.39 is 47.2 Å². The highest BCUT2D eigenvalue weighted by Crippen LogP contribution is 2.32. The largest absolute Gasteiger partial charge is 0.363 e. The third-order valence-electron chi connectivity index (χ3n) is 8.43. The van der Waals surface area contributed by atoms with Gasteiger partial charge in [-0.2, -0.15) is 0 Å². The Morgan fingerprint density at radius 1 is 1.02 bits per heavy atom. The van der Waals surface area contributed by atoms with Crippen molar-refractivity contribution in [3.63, 3.8) is 0 Å². The lowest BCUT2D eigenvalue weighted by Gasteiger charge is -2.38. The van der Waals surface area contributed by atoms with Crippen molar-refractivity contribution in [2.24, 2.45) is 22.5 Å². The Balaban J connectivity index is 1.69. The maximum Gasteiger partial charge on any atom is 0.315 e. The molecular formula is C31H50N6O5S2. The molecule has 4 unspecified atom stereocenters. The van der Waals surface area contributed by atoms with E-state index in [1.807, 2.05) is 45.3 Å². The van der Waals surface area contributed by atoms with Gasteiger partial charge < -0.3 is 26.6 Å². The van der Waals surface area contributed by atoms with Crippen molar-refractivity contribution in [2.45, 2.75) is 108 Å². The van der Waals surface area contributed by atoms with Gasteiger partial charge in [0.05, 0.1) is 10.3 Å². The molecule has 2 fully saturated rings. The summed E-state index contributed by atoms with van der Waals surface area (Å²) in [7, 11) is 1.98. The van der Waals surface area contributed by atoms with Gasteiger partial charge in [-0.05, 0) is 66.5 Å². The van der Waals surface area contributed by atoms with E-state index in [0.29, 0.717) is 32.4 Å². The zero-order valence-corrected chi connectivity index (χ0v) is 28.7. The Morgan fingerprint density at radius 3 is 2.23 bits per heavy atom. The Hall–Kier alpha value is -2.64. The van der Waals surface area contributed by atoms with Crippen molar-refractivity contribution in [2.75, 3.05) is 20.1 Å². The molecule has 1 aliphatic heterocycles. The molecule has 1 saturated carbocycles. The molecule has 0 spiro atoms. The van der Waals surface area contributed by atoms with Crippen molar-refractivity contribution in [3.05, 3.63) is 17.5 Å². The Bertz CT molecular complexity index is 1180. The molecule has 44 heavy (non-hydrogen) atoms. The number of nitrogens with zero attached hydrogens (tertiary/aromatic N) is 2. The first-order valence-corrected chi connectivity index (χ1v) is 17.1. The van der Waals surface area contributed by atoms with E-state index in [1.165, 1.54) is 4.90 Å². The van der Waals surface area contributed by atoms with E-state index >= 15 is 0 Å². The van der Waals surface area contributed by atoms with E-state index in [0.717, 1.165) is 23.5 Å². The highest BCUT2D eigenvalue weighted by Gasteiger charge is 2.43. The molecule has 0 aromatic carbocycles. The third kappa shape index (κ3) is 9.93. The summed E-state index contributed by atoms with van der Waals surface area (Å²) in [5, 5.41) is 10.8. The van der Waals surface area contributed by atoms with Crippen molar-refractivity contribution < 1.29 is 24.0 Å². The normalized spacial score (nSPS) is 19.5. The third-order valence-corrected chi connectivity index (χ3v) is 10.4. The summed E-state index contributed by atoms with van der Waals surface area (Å²) < 4.78 is 3.24. The minimum atomic E-state index is -1.08. The number of carbonyl (C=O) groups is 5. The standard InChI is InChI=1S/C31H50N6O5S2/c1-30(2,3)22(18-36(7)44-23-14-10-16-43-23)34-29(42)35-25(31(4,5)6)28(41)37-15-9-13-21(37)27(40)33-20(24(38)26(32)39)17-19-11-8-12-19/h10,14,16,19-22,25H,8-9,11-13,15,17-18H2,1-7H3,(H2,32,39)(H,33,40)(H2,34,35,42). The van der Waals surface area contributed by atoms with Crippen LogP contribution in [0.1, 0.15) is 80.1 Å². The number of nitrogens with one attached hydrogen (secondary N) is 3. The van der Waals surface area contributed by atoms with Crippen LogP contribution in [0, 0.1) is 16.7 Å². The second-order valence-electron chi connectivity index (χ2n) is 14.2. The van der Waals surface area contributed by atoms with Crippen molar-refractivity contribution in [1.82, 2.24) is 25.2 Å². The van der Waals surface area contributed by atoms with Crippen LogP contribution in [0.3, 0.4) is 0 Å². The summed E-state index contributed by atoms with van der Waals surface area (Å²) in [6.07, 6.45) is 4.31. The van der Waals surface area contributed by atoms with Gasteiger partial charge in [0.2, 0.25) is 17.6 Å². The molecule has 1 aromatic heterocycles. The number of carbonyl (C=O) groups excluding carboxylic acids is 5. The number of hydrogen-bond acceptors (Lipinski definition) is 8. The lowest BCUT2D eigenvalue weighted by atomic mass is 9.80. The van der Waals surface area contributed by atoms with E-state index in [4.69, 9.17) is 5.73 Å². The second kappa shape index (κ2) is 15.1. The van der Waals surface area contributed by atoms with Crippen LogP contribution in [-0.4, -0.2) is 83.0 Å². The van der Waals surface area contributed by atoms with Gasteiger partial charge in [0.15, 0.2) is 0 Å². The molecule has 246 valence electrons. The second-order valence-corrected chi connectivity index (χ2v) is 16.6. The highest BCUT2D eigenvalue weighted by molar-refractivity contribution is 7.98. The van der Waals surface area contributed by atoms with Crippen LogP contribution in [0.4, 0.5) is 4.79 Å². The predicted octanol–water partition coefficient (Wildman–Crippen LogP) is 3.54. The molecule has 4 atom stereocenters. The van der Waals surface area contributed by atoms with Crippen LogP contribution in [-0.2, 0) is 19.2 Å². The van der Waals surface area contributed by atoms with E-state index in [1.54, 1.807) is 23.3 Å². The van der Waals surface area contributed by atoms with Gasteiger partial charge in [0.25, 0.3) is 5.91 Å². The van der Waals surface area contributed by atoms with Crippen LogP contribution in [0.15, 0.2) is 21.7 Å². The van der Waals surface area contributed by atoms with Crippen LogP contribution in [0.2, 0.25) is 0 Å². The fraction of sp³-hybridized carbons (Fsp3) is 0.710. The SMILES string of the molecule is CN(CC(NC(=O)NC(C(=O)N1CCCC1C(=O)NC(CC1CCC1)C(=O)C(N)=O)C(C)(C)C)C(C)(C)C)Sc1cccs1. The average molecular weight is 651 g/mol. The Morgan fingerprint density at radius 2 is 1.70 bits per heavy atom. The first kappa shape index (κ1) is 35.8. The smallest absolute Gasteiger partial charge is 0.315 e. The number of amides is 5. The number of thiophene rings is 1. The number of primary amides is 1. The van der Waals surface area contributed by atoms with Crippen molar-refractivity contribution >= 4 is 52.8 Å². The summed E-state index contributed by atoms with van der Waals surface area (Å²) in [5.74, 6) is -2.49. The van der Waals surface area contributed by atoms with Gasteiger partial charge in [0, 0.05) is 19.1 Å². The molecule has 2 heterocycles. The van der Waals surface area contributed by atoms with Crippen molar-refractivity contribution in [1.29, 1.82) is 0 Å². The maximum atomic E-state index is 14.0. The number of nitrogens with two attached hydrogens (primary N) is 1. The van der Waals surface area contributed by atoms with E-state index in [9.17, 15) is 24.0 Å². The van der Waals surface area contributed by atoms with Gasteiger partial charge in [-0.25, -0.2) is 9.10 Å².